The zero-order chi connectivity index (χ0) is 13.8. The van der Waals surface area contributed by atoms with E-state index < -0.39 is 0 Å². The van der Waals surface area contributed by atoms with Crippen molar-refractivity contribution >= 4 is 5.97 Å². The van der Waals surface area contributed by atoms with E-state index in [2.05, 4.69) is 20.8 Å². The van der Waals surface area contributed by atoms with Crippen LogP contribution in [0, 0.1) is 11.8 Å². The third-order valence-electron chi connectivity index (χ3n) is 3.65. The molecule has 0 aliphatic rings. The van der Waals surface area contributed by atoms with Crippen LogP contribution < -0.4 is 0 Å². The van der Waals surface area contributed by atoms with Gasteiger partial charge >= 0.3 is 5.97 Å². The fourth-order valence-corrected chi connectivity index (χ4v) is 2.06. The first-order chi connectivity index (χ1) is 8.65. The molecule has 0 aliphatic heterocycles. The van der Waals surface area contributed by atoms with Gasteiger partial charge in [-0.2, -0.15) is 0 Å². The molecule has 0 aromatic carbocycles. The van der Waals surface area contributed by atoms with E-state index in [-0.39, 0.29) is 11.9 Å². The highest BCUT2D eigenvalue weighted by Crippen LogP contribution is 2.15. The van der Waals surface area contributed by atoms with Gasteiger partial charge in [0.1, 0.15) is 0 Å². The molecule has 2 atom stereocenters. The Labute approximate surface area is 113 Å². The first-order valence-corrected chi connectivity index (χ1v) is 7.82. The number of rotatable bonds is 11. The summed E-state index contributed by atoms with van der Waals surface area (Å²) in [5.74, 6) is 0.623. The maximum absolute atomic E-state index is 11.8. The summed E-state index contributed by atoms with van der Waals surface area (Å²) in [5, 5.41) is 0. The first kappa shape index (κ1) is 17.5. The molecule has 0 aliphatic carbocycles. The van der Waals surface area contributed by atoms with Crippen LogP contribution in [-0.4, -0.2) is 12.6 Å². The number of esters is 1. The van der Waals surface area contributed by atoms with Crippen molar-refractivity contribution in [2.24, 2.45) is 11.8 Å². The number of carbonyl (C=O) groups is 1. The van der Waals surface area contributed by atoms with E-state index in [1.807, 2.05) is 6.92 Å². The highest BCUT2D eigenvalue weighted by molar-refractivity contribution is 5.71. The maximum Gasteiger partial charge on any atom is 0.308 e. The molecule has 0 rings (SSSR count). The number of ether oxygens (including phenoxy) is 1. The van der Waals surface area contributed by atoms with Crippen molar-refractivity contribution in [3.05, 3.63) is 0 Å². The third-order valence-corrected chi connectivity index (χ3v) is 3.65. The van der Waals surface area contributed by atoms with E-state index >= 15 is 0 Å². The average molecular weight is 256 g/mol. The monoisotopic (exact) mass is 256 g/mol. The Hall–Kier alpha value is -0.530. The lowest BCUT2D eigenvalue weighted by Crippen LogP contribution is -2.19. The predicted octanol–water partition coefficient (Wildman–Crippen LogP) is 4.96. The van der Waals surface area contributed by atoms with Crippen molar-refractivity contribution in [2.45, 2.75) is 79.1 Å². The van der Waals surface area contributed by atoms with E-state index in [9.17, 15) is 4.79 Å². The van der Waals surface area contributed by atoms with E-state index in [4.69, 9.17) is 4.74 Å². The minimum atomic E-state index is 0.000974. The normalized spacial score (nSPS) is 14.2. The molecule has 18 heavy (non-hydrogen) atoms. The van der Waals surface area contributed by atoms with Crippen LogP contribution in [0.2, 0.25) is 0 Å². The van der Waals surface area contributed by atoms with Gasteiger partial charge in [0.25, 0.3) is 0 Å². The number of unbranched alkanes of at least 4 members (excludes halogenated alkanes) is 3. The fourth-order valence-electron chi connectivity index (χ4n) is 2.06. The Morgan fingerprint density at radius 3 is 2.22 bits per heavy atom. The second-order valence-electron chi connectivity index (χ2n) is 5.44. The average Bonchev–Trinajstić information content (AvgIpc) is 2.38. The Bertz CT molecular complexity index is 201. The van der Waals surface area contributed by atoms with Crippen LogP contribution in [0.4, 0.5) is 0 Å². The Morgan fingerprint density at radius 2 is 1.67 bits per heavy atom. The summed E-state index contributed by atoms with van der Waals surface area (Å²) >= 11 is 0. The van der Waals surface area contributed by atoms with Gasteiger partial charge in [0, 0.05) is 0 Å². The topological polar surface area (TPSA) is 26.3 Å². The maximum atomic E-state index is 11.8. The summed E-state index contributed by atoms with van der Waals surface area (Å²) in [4.78, 5) is 11.8. The van der Waals surface area contributed by atoms with Gasteiger partial charge in [-0.1, -0.05) is 66.2 Å². The van der Waals surface area contributed by atoms with Crippen molar-refractivity contribution < 1.29 is 9.53 Å². The highest BCUT2D eigenvalue weighted by atomic mass is 16.5. The number of hydrogen-bond donors (Lipinski definition) is 0. The van der Waals surface area contributed by atoms with Crippen LogP contribution >= 0.6 is 0 Å². The molecule has 0 aromatic rings. The van der Waals surface area contributed by atoms with Crippen LogP contribution in [0.15, 0.2) is 0 Å². The van der Waals surface area contributed by atoms with Gasteiger partial charge in [-0.15, -0.1) is 0 Å². The van der Waals surface area contributed by atoms with Crippen LogP contribution in [0.3, 0.4) is 0 Å². The van der Waals surface area contributed by atoms with Gasteiger partial charge in [-0.3, -0.25) is 4.79 Å². The highest BCUT2D eigenvalue weighted by Gasteiger charge is 2.16. The summed E-state index contributed by atoms with van der Waals surface area (Å²) in [6, 6.07) is 0. The zero-order valence-electron chi connectivity index (χ0n) is 12.8. The zero-order valence-corrected chi connectivity index (χ0v) is 12.8. The number of carbonyl (C=O) groups excluding carboxylic acids is 1. The van der Waals surface area contributed by atoms with E-state index in [1.54, 1.807) is 0 Å². The van der Waals surface area contributed by atoms with E-state index in [1.165, 1.54) is 32.1 Å². The summed E-state index contributed by atoms with van der Waals surface area (Å²) in [6.45, 7) is 9.17. The molecule has 2 heteroatoms. The molecule has 0 saturated carbocycles. The summed E-state index contributed by atoms with van der Waals surface area (Å²) < 4.78 is 5.45. The van der Waals surface area contributed by atoms with Crippen molar-refractivity contribution in [1.82, 2.24) is 0 Å². The molecule has 0 bridgehead atoms. The lowest BCUT2D eigenvalue weighted by molar-refractivity contribution is -0.149. The van der Waals surface area contributed by atoms with Gasteiger partial charge in [-0.05, 0) is 18.8 Å². The molecular formula is C16H32O2. The van der Waals surface area contributed by atoms with Crippen molar-refractivity contribution in [3.63, 3.8) is 0 Å². The molecule has 0 amide bonds. The smallest absolute Gasteiger partial charge is 0.308 e. The molecule has 108 valence electrons. The molecule has 2 unspecified atom stereocenters. The summed E-state index contributed by atoms with van der Waals surface area (Å²) in [7, 11) is 0. The summed E-state index contributed by atoms with van der Waals surface area (Å²) in [5.41, 5.74) is 0. The standard InChI is InChI=1S/C16H32O2/c1-5-8-10-11-14(4)16(17)18-13-15(7-3)12-9-6-2/h14-15H,5-13H2,1-4H3. The lowest BCUT2D eigenvalue weighted by Gasteiger charge is -2.17. The SMILES string of the molecule is CCCCCC(C)C(=O)OCC(CC)CCCC. The van der Waals surface area contributed by atoms with Crippen LogP contribution in [0.5, 0.6) is 0 Å². The van der Waals surface area contributed by atoms with Gasteiger partial charge < -0.3 is 4.74 Å². The Kier molecular flexibility index (Phi) is 11.2. The van der Waals surface area contributed by atoms with Crippen LogP contribution in [0.1, 0.15) is 79.1 Å². The van der Waals surface area contributed by atoms with Crippen molar-refractivity contribution in [2.75, 3.05) is 6.61 Å². The van der Waals surface area contributed by atoms with Gasteiger partial charge in [0.2, 0.25) is 0 Å². The van der Waals surface area contributed by atoms with Gasteiger partial charge in [0.05, 0.1) is 12.5 Å². The molecule has 0 saturated heterocycles. The minimum Gasteiger partial charge on any atom is -0.465 e. The van der Waals surface area contributed by atoms with Crippen molar-refractivity contribution in [1.29, 1.82) is 0 Å². The lowest BCUT2D eigenvalue weighted by atomic mass is 10.00. The number of hydrogen-bond acceptors (Lipinski definition) is 2. The minimum absolute atomic E-state index is 0.000974. The van der Waals surface area contributed by atoms with Crippen LogP contribution in [-0.2, 0) is 9.53 Å². The fraction of sp³-hybridized carbons (Fsp3) is 0.938. The predicted molar refractivity (Wildman–Crippen MR) is 77.6 cm³/mol. The van der Waals surface area contributed by atoms with Crippen molar-refractivity contribution in [3.8, 4) is 0 Å². The Morgan fingerprint density at radius 1 is 1.00 bits per heavy atom. The molecule has 0 spiro atoms. The first-order valence-electron chi connectivity index (χ1n) is 7.82. The molecule has 0 heterocycles. The largest absolute Gasteiger partial charge is 0.465 e. The second-order valence-corrected chi connectivity index (χ2v) is 5.44. The molecule has 0 N–H and O–H groups in total. The van der Waals surface area contributed by atoms with Gasteiger partial charge in [-0.25, -0.2) is 0 Å². The Balaban J connectivity index is 3.77. The molecule has 0 fully saturated rings. The van der Waals surface area contributed by atoms with E-state index in [0.29, 0.717) is 12.5 Å². The summed E-state index contributed by atoms with van der Waals surface area (Å²) in [6.07, 6.45) is 9.28. The van der Waals surface area contributed by atoms with Gasteiger partial charge in [0.15, 0.2) is 0 Å². The van der Waals surface area contributed by atoms with Crippen LogP contribution in [0.25, 0.3) is 0 Å². The molecule has 0 aromatic heterocycles. The molecular weight excluding hydrogens is 224 g/mol. The third kappa shape index (κ3) is 8.54. The quantitative estimate of drug-likeness (QED) is 0.385. The molecule has 0 radical (unpaired) electrons. The second kappa shape index (κ2) is 11.6. The molecule has 2 nitrogen and oxygen atoms in total. The van der Waals surface area contributed by atoms with E-state index in [0.717, 1.165) is 19.3 Å².